The fourth-order valence-electron chi connectivity index (χ4n) is 2.60. The van der Waals surface area contributed by atoms with Gasteiger partial charge in [-0.3, -0.25) is 19.3 Å². The van der Waals surface area contributed by atoms with Crippen LogP contribution in [0.25, 0.3) is 0 Å². The Morgan fingerprint density at radius 2 is 2.00 bits per heavy atom. The van der Waals surface area contributed by atoms with Gasteiger partial charge in [-0.1, -0.05) is 12.1 Å². The molecule has 0 aromatic heterocycles. The number of nitrogens with zero attached hydrogens (tertiary/aromatic N) is 2. The quantitative estimate of drug-likeness (QED) is 0.564. The van der Waals surface area contributed by atoms with Gasteiger partial charge < -0.3 is 15.0 Å². The van der Waals surface area contributed by atoms with Gasteiger partial charge in [0.2, 0.25) is 0 Å². The van der Waals surface area contributed by atoms with Gasteiger partial charge in [0.25, 0.3) is 11.8 Å². The number of hydrogen-bond acceptors (Lipinski definition) is 5. The second-order valence-electron chi connectivity index (χ2n) is 6.64. The van der Waals surface area contributed by atoms with Crippen LogP contribution in [-0.2, 0) is 25.7 Å². The lowest BCUT2D eigenvalue weighted by atomic mass is 10.1. The van der Waals surface area contributed by atoms with Crippen LogP contribution < -0.4 is 5.32 Å². The van der Waals surface area contributed by atoms with Crippen LogP contribution >= 0.6 is 0 Å². The molecule has 0 spiro atoms. The van der Waals surface area contributed by atoms with E-state index in [-0.39, 0.29) is 6.54 Å². The summed E-state index contributed by atoms with van der Waals surface area (Å²) in [6.07, 6.45) is 0. The van der Waals surface area contributed by atoms with E-state index in [1.807, 2.05) is 0 Å². The SMILES string of the molecule is CCN(Cc1cccc(F)c1)C(=O)COC(=O)CN1C(=O)NC(C)(C)C1=O. The summed E-state index contributed by atoms with van der Waals surface area (Å²) in [6, 6.07) is 5.17. The number of carbonyl (C=O) groups is 4. The first-order valence-electron chi connectivity index (χ1n) is 8.46. The van der Waals surface area contributed by atoms with Crippen molar-refractivity contribution in [3.05, 3.63) is 35.6 Å². The Kier molecular flexibility index (Phi) is 6.14. The highest BCUT2D eigenvalue weighted by Gasteiger charge is 2.45. The zero-order valence-electron chi connectivity index (χ0n) is 15.5. The number of likely N-dealkylation sites (N-methyl/N-ethyl adjacent to an activating group) is 1. The number of halogens is 1. The summed E-state index contributed by atoms with van der Waals surface area (Å²) in [5.41, 5.74) is -0.477. The zero-order chi connectivity index (χ0) is 20.2. The zero-order valence-corrected chi connectivity index (χ0v) is 15.5. The molecule has 27 heavy (non-hydrogen) atoms. The van der Waals surface area contributed by atoms with Crippen molar-refractivity contribution in [1.82, 2.24) is 15.1 Å². The monoisotopic (exact) mass is 379 g/mol. The van der Waals surface area contributed by atoms with E-state index in [4.69, 9.17) is 4.74 Å². The van der Waals surface area contributed by atoms with Crippen molar-refractivity contribution < 1.29 is 28.3 Å². The van der Waals surface area contributed by atoms with Crippen LogP contribution in [0.2, 0.25) is 0 Å². The molecule has 1 fully saturated rings. The number of rotatable bonds is 7. The van der Waals surface area contributed by atoms with Gasteiger partial charge in [-0.15, -0.1) is 0 Å². The van der Waals surface area contributed by atoms with E-state index >= 15 is 0 Å². The van der Waals surface area contributed by atoms with E-state index in [9.17, 15) is 23.6 Å². The minimum atomic E-state index is -1.09. The summed E-state index contributed by atoms with van der Waals surface area (Å²) in [7, 11) is 0. The maximum Gasteiger partial charge on any atom is 0.326 e. The molecule has 1 N–H and O–H groups in total. The van der Waals surface area contributed by atoms with Crippen LogP contribution in [0.5, 0.6) is 0 Å². The third-order valence-electron chi connectivity index (χ3n) is 4.09. The Morgan fingerprint density at radius 1 is 1.30 bits per heavy atom. The van der Waals surface area contributed by atoms with E-state index in [1.165, 1.54) is 30.9 Å². The van der Waals surface area contributed by atoms with Crippen LogP contribution in [0.3, 0.4) is 0 Å². The molecule has 0 bridgehead atoms. The summed E-state index contributed by atoms with van der Waals surface area (Å²) in [4.78, 5) is 50.0. The fraction of sp³-hybridized carbons (Fsp3) is 0.444. The number of imide groups is 1. The van der Waals surface area contributed by atoms with Gasteiger partial charge in [-0.2, -0.15) is 0 Å². The van der Waals surface area contributed by atoms with Crippen molar-refractivity contribution in [1.29, 1.82) is 0 Å². The Hall–Kier alpha value is -2.97. The third kappa shape index (κ3) is 5.02. The molecule has 0 atom stereocenters. The molecule has 1 aliphatic rings. The van der Waals surface area contributed by atoms with E-state index < -0.39 is 48.3 Å². The standard InChI is InChI=1S/C18H22FN3O5/c1-4-21(9-12-6-5-7-13(19)8-12)14(23)11-27-15(24)10-22-16(25)18(2,3)20-17(22)26/h5-8H,4,9-11H2,1-3H3,(H,20,26). The van der Waals surface area contributed by atoms with Crippen molar-refractivity contribution >= 4 is 23.8 Å². The second-order valence-corrected chi connectivity index (χ2v) is 6.64. The Balaban J connectivity index is 1.87. The number of ether oxygens (including phenoxy) is 1. The largest absolute Gasteiger partial charge is 0.454 e. The second kappa shape index (κ2) is 8.15. The number of carbonyl (C=O) groups excluding carboxylic acids is 4. The van der Waals surface area contributed by atoms with Gasteiger partial charge in [0.15, 0.2) is 6.61 Å². The molecule has 4 amide bonds. The Labute approximate surface area is 156 Å². The van der Waals surface area contributed by atoms with Gasteiger partial charge in [-0.05, 0) is 38.5 Å². The molecule has 1 saturated heterocycles. The highest BCUT2D eigenvalue weighted by atomic mass is 19.1. The maximum absolute atomic E-state index is 13.3. The Bertz CT molecular complexity index is 765. The summed E-state index contributed by atoms with van der Waals surface area (Å²) >= 11 is 0. The minimum absolute atomic E-state index is 0.172. The van der Waals surface area contributed by atoms with E-state index in [0.717, 1.165) is 4.90 Å². The number of benzene rings is 1. The first-order chi connectivity index (χ1) is 12.6. The summed E-state index contributed by atoms with van der Waals surface area (Å²) in [6.45, 7) is 4.20. The van der Waals surface area contributed by atoms with Crippen LogP contribution in [0.1, 0.15) is 26.3 Å². The molecule has 1 heterocycles. The lowest BCUT2D eigenvalue weighted by Gasteiger charge is -2.21. The molecular weight excluding hydrogens is 357 g/mol. The van der Waals surface area contributed by atoms with E-state index in [0.29, 0.717) is 12.1 Å². The average molecular weight is 379 g/mol. The van der Waals surface area contributed by atoms with Crippen molar-refractivity contribution in [2.45, 2.75) is 32.9 Å². The van der Waals surface area contributed by atoms with Gasteiger partial charge in [0.1, 0.15) is 17.9 Å². The van der Waals surface area contributed by atoms with Crippen LogP contribution in [0, 0.1) is 5.82 Å². The molecule has 8 nitrogen and oxygen atoms in total. The summed E-state index contributed by atoms with van der Waals surface area (Å²) in [5, 5.41) is 2.45. The third-order valence-corrected chi connectivity index (χ3v) is 4.09. The molecule has 9 heteroatoms. The molecule has 0 unspecified atom stereocenters. The van der Waals surface area contributed by atoms with Gasteiger partial charge in [0.05, 0.1) is 0 Å². The number of hydrogen-bond donors (Lipinski definition) is 1. The average Bonchev–Trinajstić information content (AvgIpc) is 2.79. The van der Waals surface area contributed by atoms with E-state index in [2.05, 4.69) is 5.32 Å². The fourth-order valence-corrected chi connectivity index (χ4v) is 2.60. The van der Waals surface area contributed by atoms with Crippen molar-refractivity contribution in [2.24, 2.45) is 0 Å². The maximum atomic E-state index is 13.3. The lowest BCUT2D eigenvalue weighted by Crippen LogP contribution is -2.41. The molecule has 2 rings (SSSR count). The predicted octanol–water partition coefficient (Wildman–Crippen LogP) is 1.05. The van der Waals surface area contributed by atoms with Gasteiger partial charge in [-0.25, -0.2) is 9.18 Å². The first-order valence-corrected chi connectivity index (χ1v) is 8.46. The number of nitrogens with one attached hydrogen (secondary N) is 1. The molecule has 0 saturated carbocycles. The molecule has 1 aromatic rings. The van der Waals surface area contributed by atoms with Crippen molar-refractivity contribution in [3.63, 3.8) is 0 Å². The number of amides is 4. The van der Waals surface area contributed by atoms with Crippen LogP contribution in [-0.4, -0.2) is 58.8 Å². The normalized spacial score (nSPS) is 15.5. The highest BCUT2D eigenvalue weighted by Crippen LogP contribution is 2.16. The summed E-state index contributed by atoms with van der Waals surface area (Å²) in [5.74, 6) is -2.28. The van der Waals surface area contributed by atoms with Crippen molar-refractivity contribution in [3.8, 4) is 0 Å². The van der Waals surface area contributed by atoms with E-state index in [1.54, 1.807) is 19.1 Å². The van der Waals surface area contributed by atoms with Gasteiger partial charge >= 0.3 is 12.0 Å². The number of esters is 1. The van der Waals surface area contributed by atoms with Crippen LogP contribution in [0.15, 0.2) is 24.3 Å². The van der Waals surface area contributed by atoms with Crippen molar-refractivity contribution in [2.75, 3.05) is 19.7 Å². The van der Waals surface area contributed by atoms with Crippen LogP contribution in [0.4, 0.5) is 9.18 Å². The predicted molar refractivity (Wildman–Crippen MR) is 92.8 cm³/mol. The molecule has 1 aliphatic heterocycles. The molecule has 0 aliphatic carbocycles. The lowest BCUT2D eigenvalue weighted by molar-refractivity contribution is -0.153. The molecule has 1 aromatic carbocycles. The minimum Gasteiger partial charge on any atom is -0.454 e. The van der Waals surface area contributed by atoms with Gasteiger partial charge in [0, 0.05) is 13.1 Å². The number of urea groups is 1. The molecule has 0 radical (unpaired) electrons. The smallest absolute Gasteiger partial charge is 0.326 e. The Morgan fingerprint density at radius 3 is 2.56 bits per heavy atom. The molecular formula is C18H22FN3O5. The molecule has 146 valence electrons. The highest BCUT2D eigenvalue weighted by molar-refractivity contribution is 6.08. The first kappa shape index (κ1) is 20.3. The topological polar surface area (TPSA) is 96.0 Å². The summed E-state index contributed by atoms with van der Waals surface area (Å²) < 4.78 is 18.1.